The van der Waals surface area contributed by atoms with Gasteiger partial charge in [0.1, 0.15) is 0 Å². The Morgan fingerprint density at radius 2 is 1.19 bits per heavy atom. The number of sulfonamides is 1. The van der Waals surface area contributed by atoms with Gasteiger partial charge in [0.15, 0.2) is 0 Å². The SMILES string of the molecule is Cc1ccc(S(=O)(=O)N(CCc2ccc(NS(=O)(=O)O)cc2)C(=O)c2ccc(NS(=O)(=O)O)cc2)cc1. The Labute approximate surface area is 214 Å². The highest BCUT2D eigenvalue weighted by atomic mass is 32.2. The summed E-state index contributed by atoms with van der Waals surface area (Å²) in [6.45, 7) is 1.51. The maximum atomic E-state index is 13.4. The van der Waals surface area contributed by atoms with Crippen molar-refractivity contribution in [2.24, 2.45) is 0 Å². The highest BCUT2D eigenvalue weighted by Gasteiger charge is 2.30. The minimum Gasteiger partial charge on any atom is -0.269 e. The van der Waals surface area contributed by atoms with Crippen molar-refractivity contribution < 1.29 is 39.2 Å². The highest BCUT2D eigenvalue weighted by molar-refractivity contribution is 7.89. The monoisotopic (exact) mass is 569 g/mol. The lowest BCUT2D eigenvalue weighted by molar-refractivity contribution is 0.0862. The van der Waals surface area contributed by atoms with Crippen LogP contribution >= 0.6 is 0 Å². The third-order valence-corrected chi connectivity index (χ3v) is 7.80. The van der Waals surface area contributed by atoms with Gasteiger partial charge in [-0.1, -0.05) is 29.8 Å². The van der Waals surface area contributed by atoms with Crippen molar-refractivity contribution in [2.45, 2.75) is 18.2 Å². The van der Waals surface area contributed by atoms with Gasteiger partial charge in [-0.2, -0.15) is 16.8 Å². The first-order chi connectivity index (χ1) is 17.1. The fourth-order valence-corrected chi connectivity index (χ4v) is 5.52. The first kappa shape index (κ1) is 28.1. The molecule has 3 aromatic carbocycles. The predicted molar refractivity (Wildman–Crippen MR) is 136 cm³/mol. The summed E-state index contributed by atoms with van der Waals surface area (Å²) in [7, 11) is -13.3. The number of hydrogen-bond donors (Lipinski definition) is 4. The molecule has 0 heterocycles. The molecule has 0 saturated heterocycles. The van der Waals surface area contributed by atoms with Crippen molar-refractivity contribution in [3.8, 4) is 0 Å². The van der Waals surface area contributed by atoms with E-state index in [9.17, 15) is 30.0 Å². The fraction of sp³-hybridized carbons (Fsp3) is 0.136. The Kier molecular flexibility index (Phi) is 8.24. The molecular formula is C22H23N3O9S3. The van der Waals surface area contributed by atoms with E-state index < -0.39 is 36.5 Å². The molecule has 0 aliphatic rings. The molecule has 4 N–H and O–H groups in total. The molecule has 0 aliphatic carbocycles. The van der Waals surface area contributed by atoms with Crippen molar-refractivity contribution in [2.75, 3.05) is 16.0 Å². The lowest BCUT2D eigenvalue weighted by Gasteiger charge is -2.23. The van der Waals surface area contributed by atoms with E-state index in [0.29, 0.717) is 9.87 Å². The number of carbonyl (C=O) groups excluding carboxylic acids is 1. The van der Waals surface area contributed by atoms with Crippen LogP contribution in [-0.2, 0) is 37.1 Å². The number of amides is 1. The number of benzene rings is 3. The van der Waals surface area contributed by atoms with Crippen LogP contribution in [0.15, 0.2) is 77.7 Å². The third kappa shape index (κ3) is 7.99. The number of nitrogens with one attached hydrogen (secondary N) is 2. The molecule has 0 aromatic heterocycles. The fourth-order valence-electron chi connectivity index (χ4n) is 3.26. The van der Waals surface area contributed by atoms with Gasteiger partial charge in [-0.15, -0.1) is 0 Å². The maximum absolute atomic E-state index is 13.4. The van der Waals surface area contributed by atoms with Crippen LogP contribution in [-0.4, -0.2) is 51.1 Å². The molecule has 15 heteroatoms. The lowest BCUT2D eigenvalue weighted by Crippen LogP contribution is -2.38. The first-order valence-corrected chi connectivity index (χ1v) is 14.8. The predicted octanol–water partition coefficient (Wildman–Crippen LogP) is 2.50. The van der Waals surface area contributed by atoms with Crippen LogP contribution in [0.2, 0.25) is 0 Å². The Bertz CT molecular complexity index is 1590. The van der Waals surface area contributed by atoms with Crippen LogP contribution in [0.3, 0.4) is 0 Å². The van der Waals surface area contributed by atoms with Gasteiger partial charge in [0.05, 0.1) is 16.3 Å². The maximum Gasteiger partial charge on any atom is 0.357 e. The second-order valence-electron chi connectivity index (χ2n) is 7.87. The number of hydrogen-bond acceptors (Lipinski definition) is 7. The van der Waals surface area contributed by atoms with Gasteiger partial charge < -0.3 is 0 Å². The summed E-state index contributed by atoms with van der Waals surface area (Å²) in [5.74, 6) is -0.872. The zero-order valence-electron chi connectivity index (χ0n) is 19.3. The molecule has 0 atom stereocenters. The van der Waals surface area contributed by atoms with E-state index in [1.165, 1.54) is 60.7 Å². The van der Waals surface area contributed by atoms with Gasteiger partial charge in [0.25, 0.3) is 15.9 Å². The summed E-state index contributed by atoms with van der Waals surface area (Å²) in [5, 5.41) is 0. The van der Waals surface area contributed by atoms with E-state index in [4.69, 9.17) is 9.11 Å². The van der Waals surface area contributed by atoms with Crippen LogP contribution in [0, 0.1) is 6.92 Å². The molecular weight excluding hydrogens is 546 g/mol. The van der Waals surface area contributed by atoms with Crippen LogP contribution in [0.4, 0.5) is 11.4 Å². The number of carbonyl (C=O) groups is 1. The van der Waals surface area contributed by atoms with Crippen molar-refractivity contribution in [3.05, 3.63) is 89.5 Å². The van der Waals surface area contributed by atoms with Crippen molar-refractivity contribution in [1.82, 2.24) is 4.31 Å². The van der Waals surface area contributed by atoms with E-state index in [2.05, 4.69) is 0 Å². The zero-order valence-corrected chi connectivity index (χ0v) is 21.7. The van der Waals surface area contributed by atoms with E-state index in [1.807, 2.05) is 9.44 Å². The molecule has 0 spiro atoms. The van der Waals surface area contributed by atoms with Crippen molar-refractivity contribution >= 4 is 47.9 Å². The number of anilines is 2. The van der Waals surface area contributed by atoms with Gasteiger partial charge in [-0.05, 0) is 67.4 Å². The minimum absolute atomic E-state index is 0.0365. The molecule has 0 unspecified atom stereocenters. The van der Waals surface area contributed by atoms with Crippen molar-refractivity contribution in [1.29, 1.82) is 0 Å². The average molecular weight is 570 g/mol. The van der Waals surface area contributed by atoms with Gasteiger partial charge in [-0.25, -0.2) is 12.7 Å². The first-order valence-electron chi connectivity index (χ1n) is 10.5. The van der Waals surface area contributed by atoms with Crippen LogP contribution in [0.1, 0.15) is 21.5 Å². The van der Waals surface area contributed by atoms with E-state index in [-0.39, 0.29) is 34.8 Å². The Morgan fingerprint density at radius 3 is 1.65 bits per heavy atom. The second kappa shape index (κ2) is 10.9. The van der Waals surface area contributed by atoms with Crippen molar-refractivity contribution in [3.63, 3.8) is 0 Å². The zero-order chi connectivity index (χ0) is 27.4. The minimum atomic E-state index is -4.53. The molecule has 3 aromatic rings. The summed E-state index contributed by atoms with van der Waals surface area (Å²) in [5.41, 5.74) is 1.39. The van der Waals surface area contributed by atoms with Gasteiger partial charge in [0, 0.05) is 12.1 Å². The van der Waals surface area contributed by atoms with Crippen LogP contribution in [0.5, 0.6) is 0 Å². The molecule has 3 rings (SSSR count). The number of aryl methyl sites for hydroxylation is 1. The molecule has 0 aliphatic heterocycles. The molecule has 0 saturated carbocycles. The van der Waals surface area contributed by atoms with E-state index in [1.54, 1.807) is 19.1 Å². The lowest BCUT2D eigenvalue weighted by atomic mass is 10.1. The second-order valence-corrected chi connectivity index (χ2v) is 12.0. The van der Waals surface area contributed by atoms with E-state index >= 15 is 0 Å². The van der Waals surface area contributed by atoms with Crippen LogP contribution < -0.4 is 9.44 Å². The highest BCUT2D eigenvalue weighted by Crippen LogP contribution is 2.22. The van der Waals surface area contributed by atoms with Gasteiger partial charge in [-0.3, -0.25) is 23.3 Å². The summed E-state index contributed by atoms with van der Waals surface area (Å²) in [6, 6.07) is 16.5. The Balaban J connectivity index is 1.90. The molecule has 0 fully saturated rings. The summed E-state index contributed by atoms with van der Waals surface area (Å²) in [6.07, 6.45) is 0.0748. The summed E-state index contributed by atoms with van der Waals surface area (Å²) >= 11 is 0. The third-order valence-electron chi connectivity index (χ3n) is 5.02. The molecule has 1 amide bonds. The molecule has 0 radical (unpaired) electrons. The summed E-state index contributed by atoms with van der Waals surface area (Å²) in [4.78, 5) is 13.2. The Hall–Kier alpha value is -3.50. The van der Waals surface area contributed by atoms with Crippen LogP contribution in [0.25, 0.3) is 0 Å². The van der Waals surface area contributed by atoms with E-state index in [0.717, 1.165) is 5.56 Å². The largest absolute Gasteiger partial charge is 0.357 e. The molecule has 198 valence electrons. The van der Waals surface area contributed by atoms with Gasteiger partial charge >= 0.3 is 20.6 Å². The molecule has 37 heavy (non-hydrogen) atoms. The Morgan fingerprint density at radius 1 is 0.730 bits per heavy atom. The number of nitrogens with zero attached hydrogens (tertiary/aromatic N) is 1. The normalized spacial score (nSPS) is 12.1. The van der Waals surface area contributed by atoms with Gasteiger partial charge in [0.2, 0.25) is 0 Å². The topological polar surface area (TPSA) is 187 Å². The average Bonchev–Trinajstić information content (AvgIpc) is 2.79. The standard InChI is InChI=1S/C22H23N3O9S3/c1-16-2-12-21(13-3-16)35(27,28)25(15-14-17-4-8-19(9-5-17)23-36(29,30)31)22(26)18-6-10-20(11-7-18)24-37(32,33)34/h2-13,23-24H,14-15H2,1H3,(H,29,30,31)(H,32,33,34). The summed E-state index contributed by atoms with van der Waals surface area (Å²) < 4.78 is 92.9. The number of rotatable bonds is 10. The quantitative estimate of drug-likeness (QED) is 0.266. The smallest absolute Gasteiger partial charge is 0.269 e. The molecule has 0 bridgehead atoms. The molecule has 12 nitrogen and oxygen atoms in total.